The molecular weight excluding hydrogens is 1470 g/mol. The number of nitrogens with two attached hydrogens (primary N) is 3. The molecule has 2 aromatic rings. The summed E-state index contributed by atoms with van der Waals surface area (Å²) in [4.78, 5) is 245. The molecule has 0 saturated heterocycles. The van der Waals surface area contributed by atoms with Gasteiger partial charge in [-0.05, 0) is 158 Å². The van der Waals surface area contributed by atoms with Crippen molar-refractivity contribution in [3.8, 4) is 0 Å². The summed E-state index contributed by atoms with van der Waals surface area (Å²) in [7, 11) is 0. The molecule has 0 aliphatic heterocycles. The van der Waals surface area contributed by atoms with E-state index in [0.717, 1.165) is 16.5 Å². The van der Waals surface area contributed by atoms with E-state index in [9.17, 15) is 91.4 Å². The van der Waals surface area contributed by atoms with Crippen molar-refractivity contribution in [2.75, 3.05) is 6.61 Å². The molecule has 1 aromatic heterocycles. The third kappa shape index (κ3) is 33.2. The van der Waals surface area contributed by atoms with Crippen molar-refractivity contribution >= 4 is 117 Å². The second kappa shape index (κ2) is 43.3. The first-order valence-corrected chi connectivity index (χ1v) is 37.6. The average molecular weight is 1590 g/mol. The first kappa shape index (κ1) is 98.3. The maximum Gasteiger partial charge on any atom is 0.246 e. The molecule has 2 rings (SSSR count). The van der Waals surface area contributed by atoms with Gasteiger partial charge in [0.15, 0.2) is 0 Å². The predicted molar refractivity (Wildman–Crippen MR) is 416 cm³/mol. The minimum absolute atomic E-state index is 0.00586. The number of aromatic amines is 1. The lowest BCUT2D eigenvalue weighted by atomic mass is 9.96. The molecule has 38 nitrogen and oxygen atoms in total. The standard InChI is InChI=1S/C75H123N19O19/c1-37(2)31-45(36-95)84-61(104)49(26-29-55(77)98)87-68(111)72(13,14)92-64(107)51(32-38(3)4)85-62(105)50(27-30-56(78)99)88-66(109)71(11,12)90-58(101)41(8)80-57(100)40(7)81-60(103)48(25-28-54(76)97)86-67(110)73(15,16)93-65(108)52(33-39(5)6)89-69(112)74(17,18)94-70(113)75(19,20)91-59(102)42(9)82-63(106)53(83-43(10)96)34-44-35-79-47-24-22-21-23-46(44)47/h21-24,35,37-42,45,48-53,79,95H,25-34,36H2,1-20H3,(H2,76,97)(H2,77,98)(H2,78,99)(H,80,100)(H,81,103)(H,82,106)(H,83,96)(H,84,104)(H,85,105)(H,86,110)(H,87,111)(H,88,109)(H,89,112)(H,90,101)(H,91,102)(H,92,107)(H,93,108)(H,94,113)/t40-,41-,42-,45-,48-,49-,50-,51-,52-,53-/m0/s1. The van der Waals surface area contributed by atoms with Gasteiger partial charge >= 0.3 is 0 Å². The molecule has 1 heterocycles. The van der Waals surface area contributed by atoms with Crippen LogP contribution in [0, 0.1) is 17.8 Å². The van der Waals surface area contributed by atoms with Crippen molar-refractivity contribution in [3.63, 3.8) is 0 Å². The summed E-state index contributed by atoms with van der Waals surface area (Å²) in [6.45, 7) is 28.4. The molecule has 23 N–H and O–H groups in total. The number of benzene rings is 1. The predicted octanol–water partition coefficient (Wildman–Crippen LogP) is -2.96. The lowest BCUT2D eigenvalue weighted by molar-refractivity contribution is -0.140. The molecule has 0 radical (unpaired) electrons. The van der Waals surface area contributed by atoms with Gasteiger partial charge in [0.2, 0.25) is 106 Å². The lowest BCUT2D eigenvalue weighted by Crippen LogP contribution is -2.66. The zero-order valence-corrected chi connectivity index (χ0v) is 68.7. The number of aromatic nitrogens is 1. The van der Waals surface area contributed by atoms with Gasteiger partial charge in [0.1, 0.15) is 82.1 Å². The van der Waals surface area contributed by atoms with Gasteiger partial charge in [-0.1, -0.05) is 59.7 Å². The summed E-state index contributed by atoms with van der Waals surface area (Å²) in [5.74, 6) is -16.0. The van der Waals surface area contributed by atoms with Crippen LogP contribution in [-0.4, -0.2) is 211 Å². The van der Waals surface area contributed by atoms with Crippen LogP contribution in [0.25, 0.3) is 10.9 Å². The Hall–Kier alpha value is -10.8. The highest BCUT2D eigenvalue weighted by atomic mass is 16.3. The van der Waals surface area contributed by atoms with Gasteiger partial charge in [0.25, 0.3) is 0 Å². The molecule has 18 amide bonds. The number of para-hydroxylation sites is 1. The van der Waals surface area contributed by atoms with Crippen LogP contribution < -0.4 is 97.0 Å². The van der Waals surface area contributed by atoms with Gasteiger partial charge in [-0.15, -0.1) is 0 Å². The number of hydrogen-bond acceptors (Lipinski definition) is 19. The summed E-state index contributed by atoms with van der Waals surface area (Å²) in [6.07, 6.45) is -0.146. The SMILES string of the molecule is CC(=O)N[C@@H](Cc1c[nH]c2ccccc12)C(=O)N[C@@H](C)C(=O)NC(C)(C)C(=O)NC(C)(C)C(=O)N[C@@H](CC(C)C)C(=O)NC(C)(C)C(=O)N[C@@H](CCC(N)=O)C(=O)N[C@@H](C)C(=O)N[C@@H](C)C(=O)NC(C)(C)C(=O)N[C@@H](CCC(N)=O)C(=O)N[C@@H](CC(C)C)C(=O)NC(C)(C)C(=O)N[C@@H](CCC(N)=O)C(=O)N[C@H](CO)CC(C)C. The molecule has 0 aliphatic rings. The van der Waals surface area contributed by atoms with Crippen LogP contribution in [0.1, 0.15) is 202 Å². The number of amides is 18. The Morgan fingerprint density at radius 1 is 0.363 bits per heavy atom. The van der Waals surface area contributed by atoms with Crippen LogP contribution in [0.2, 0.25) is 0 Å². The number of nitrogens with one attached hydrogen (secondary N) is 16. The maximum absolute atomic E-state index is 14.2. The Labute approximate surface area is 659 Å². The van der Waals surface area contributed by atoms with Crippen LogP contribution in [0.3, 0.4) is 0 Å². The minimum atomic E-state index is -1.90. The Morgan fingerprint density at radius 3 is 1.06 bits per heavy atom. The number of carbonyl (C=O) groups is 18. The average Bonchev–Trinajstić information content (AvgIpc) is 1.19. The van der Waals surface area contributed by atoms with E-state index >= 15 is 0 Å². The molecule has 0 saturated carbocycles. The molecule has 0 spiro atoms. The topological polar surface area (TPSA) is 602 Å². The van der Waals surface area contributed by atoms with Gasteiger partial charge in [-0.25, -0.2) is 0 Å². The lowest BCUT2D eigenvalue weighted by Gasteiger charge is -2.34. The molecule has 632 valence electrons. The van der Waals surface area contributed by atoms with Crippen LogP contribution in [0.4, 0.5) is 0 Å². The van der Waals surface area contributed by atoms with Crippen molar-refractivity contribution < 1.29 is 91.4 Å². The smallest absolute Gasteiger partial charge is 0.246 e. The second-order valence-corrected chi connectivity index (χ2v) is 32.5. The quantitative estimate of drug-likeness (QED) is 0.0315. The Balaban J connectivity index is 2.20. The van der Waals surface area contributed by atoms with Crippen molar-refractivity contribution in [2.24, 2.45) is 35.0 Å². The molecule has 38 heteroatoms. The maximum atomic E-state index is 14.2. The molecule has 0 fully saturated rings. The largest absolute Gasteiger partial charge is 0.394 e. The number of primary amides is 3. The third-order valence-electron chi connectivity index (χ3n) is 18.0. The number of hydrogen-bond donors (Lipinski definition) is 20. The van der Waals surface area contributed by atoms with Crippen molar-refractivity contribution in [1.82, 2.24) is 84.7 Å². The van der Waals surface area contributed by atoms with Gasteiger partial charge in [0, 0.05) is 49.7 Å². The Kier molecular flexibility index (Phi) is 37.6. The van der Waals surface area contributed by atoms with Crippen molar-refractivity contribution in [1.29, 1.82) is 0 Å². The van der Waals surface area contributed by atoms with Crippen LogP contribution in [0.15, 0.2) is 30.5 Å². The first-order valence-electron chi connectivity index (χ1n) is 37.6. The number of fused-ring (bicyclic) bond motifs is 1. The van der Waals surface area contributed by atoms with Crippen LogP contribution in [0.5, 0.6) is 0 Å². The summed E-state index contributed by atoms with van der Waals surface area (Å²) in [6, 6.07) is -5.82. The van der Waals surface area contributed by atoms with Gasteiger partial charge in [-0.3, -0.25) is 86.3 Å². The molecule has 113 heavy (non-hydrogen) atoms. The molecule has 10 atom stereocenters. The number of H-pyrrole nitrogens is 1. The molecule has 0 unspecified atom stereocenters. The van der Waals surface area contributed by atoms with E-state index in [0.29, 0.717) is 6.42 Å². The highest BCUT2D eigenvalue weighted by Gasteiger charge is 2.43. The first-order chi connectivity index (χ1) is 51.9. The van der Waals surface area contributed by atoms with E-state index in [1.807, 2.05) is 38.1 Å². The zero-order valence-electron chi connectivity index (χ0n) is 68.7. The molecule has 0 aliphatic carbocycles. The highest BCUT2D eigenvalue weighted by molar-refractivity contribution is 6.03. The van der Waals surface area contributed by atoms with Gasteiger partial charge < -0.3 is 107 Å². The van der Waals surface area contributed by atoms with Crippen LogP contribution >= 0.6 is 0 Å². The third-order valence-corrected chi connectivity index (χ3v) is 18.0. The second-order valence-electron chi connectivity index (χ2n) is 32.5. The molecular formula is C75H123N19O19. The Morgan fingerprint density at radius 2 is 0.681 bits per heavy atom. The van der Waals surface area contributed by atoms with E-state index in [4.69, 9.17) is 17.2 Å². The normalized spacial score (nSPS) is 14.5. The van der Waals surface area contributed by atoms with Crippen molar-refractivity contribution in [3.05, 3.63) is 36.0 Å². The van der Waals surface area contributed by atoms with E-state index in [-0.39, 0.29) is 49.9 Å². The monoisotopic (exact) mass is 1590 g/mol. The number of carbonyl (C=O) groups excluding carboxylic acids is 18. The van der Waals surface area contributed by atoms with Crippen molar-refractivity contribution in [2.45, 2.75) is 291 Å². The minimum Gasteiger partial charge on any atom is -0.394 e. The summed E-state index contributed by atoms with van der Waals surface area (Å²) >= 11 is 0. The summed E-state index contributed by atoms with van der Waals surface area (Å²) in [5.41, 5.74) is 8.69. The van der Waals surface area contributed by atoms with E-state index in [2.05, 4.69) is 84.7 Å². The summed E-state index contributed by atoms with van der Waals surface area (Å²) < 4.78 is 0. The van der Waals surface area contributed by atoms with E-state index in [1.54, 1.807) is 33.9 Å². The fourth-order valence-electron chi connectivity index (χ4n) is 11.2. The number of aliphatic hydroxyl groups is 1. The van der Waals surface area contributed by atoms with E-state index < -0.39 is 227 Å². The Bertz CT molecular complexity index is 3790. The van der Waals surface area contributed by atoms with Gasteiger partial charge in [-0.2, -0.15) is 0 Å². The van der Waals surface area contributed by atoms with Gasteiger partial charge in [0.05, 0.1) is 12.6 Å². The highest BCUT2D eigenvalue weighted by Crippen LogP contribution is 2.21. The number of aliphatic hydroxyl groups excluding tert-OH is 1. The molecule has 0 bridgehead atoms. The fraction of sp³-hybridized carbons (Fsp3) is 0.653. The fourth-order valence-corrected chi connectivity index (χ4v) is 11.2. The zero-order chi connectivity index (χ0) is 86.8. The van der Waals surface area contributed by atoms with Crippen LogP contribution in [-0.2, 0) is 92.7 Å². The summed E-state index contributed by atoms with van der Waals surface area (Å²) in [5, 5.41) is 48.8. The number of rotatable bonds is 47. The molecule has 1 aromatic carbocycles. The van der Waals surface area contributed by atoms with E-state index in [1.165, 1.54) is 96.9 Å².